The van der Waals surface area contributed by atoms with Gasteiger partial charge in [-0.25, -0.2) is 0 Å². The highest BCUT2D eigenvalue weighted by Crippen LogP contribution is 2.86. The molecule has 0 aliphatic carbocycles. The highest BCUT2D eigenvalue weighted by atomic mass is 31.2. The lowest BCUT2D eigenvalue weighted by atomic mass is 9.57. The van der Waals surface area contributed by atoms with E-state index in [4.69, 9.17) is 27.1 Å². The molecule has 0 radical (unpaired) electrons. The van der Waals surface area contributed by atoms with Gasteiger partial charge in [-0.2, -0.15) is 0 Å². The van der Waals surface area contributed by atoms with Gasteiger partial charge in [0.05, 0.1) is 0 Å². The van der Waals surface area contributed by atoms with Gasteiger partial charge in [-0.3, -0.25) is 27.1 Å². The van der Waals surface area contributed by atoms with Gasteiger partial charge in [-0.15, -0.1) is 0 Å². The number of aryl methyl sites for hydroxylation is 3. The van der Waals surface area contributed by atoms with Crippen molar-refractivity contribution >= 4 is 17.2 Å². The van der Waals surface area contributed by atoms with Gasteiger partial charge in [0, 0.05) is 0 Å². The molecule has 3 N–H and O–H groups in total. The first-order chi connectivity index (χ1) is 22.1. The lowest BCUT2D eigenvalue weighted by molar-refractivity contribution is -0.313. The topological polar surface area (TPSA) is 116 Å². The maximum atomic E-state index is 11.4. The van der Waals surface area contributed by atoms with Crippen LogP contribution >= 0.6 is 17.2 Å². The maximum Gasteiger partial charge on any atom is 0.341 e. The summed E-state index contributed by atoms with van der Waals surface area (Å²) >= 11 is 0. The SMILES string of the molecule is Cc1cc(O)c(C(C)(C)C)cc1C(c1cc(C(C)(C)C)c(O)cc1C)(c1cc(C(C)(C)C)c(O)cc1C)C12OP(OC13OP1OC3O1)O2. The average molecular weight is 697 g/mol. The number of phenols is 3. The van der Waals surface area contributed by atoms with E-state index in [0.29, 0.717) is 0 Å². The van der Waals surface area contributed by atoms with E-state index >= 15 is 0 Å². The zero-order valence-corrected chi connectivity index (χ0v) is 31.5. The Morgan fingerprint density at radius 1 is 0.500 bits per heavy atom. The van der Waals surface area contributed by atoms with Gasteiger partial charge in [-0.05, 0) is 123 Å². The quantitative estimate of drug-likeness (QED) is 0.181. The van der Waals surface area contributed by atoms with Gasteiger partial charge in [0.2, 0.25) is 6.29 Å². The zero-order chi connectivity index (χ0) is 35.1. The predicted octanol–water partition coefficient (Wildman–Crippen LogP) is 9.28. The molecule has 1 atom stereocenters. The molecule has 6 aliphatic rings. The summed E-state index contributed by atoms with van der Waals surface area (Å²) in [4.78, 5) is 0. The number of hydrogen-bond donors (Lipinski definition) is 3. The third-order valence-electron chi connectivity index (χ3n) is 10.1. The molecule has 9 nitrogen and oxygen atoms in total. The Morgan fingerprint density at radius 2 is 0.833 bits per heavy atom. The number of aromatic hydroxyl groups is 3. The summed E-state index contributed by atoms with van der Waals surface area (Å²) in [6.45, 7) is 24.4. The van der Waals surface area contributed by atoms with E-state index in [2.05, 4.69) is 62.3 Å². The third-order valence-corrected chi connectivity index (χ3v) is 12.5. The molecule has 0 amide bonds. The van der Waals surface area contributed by atoms with Crippen LogP contribution in [0.3, 0.4) is 0 Å². The van der Waals surface area contributed by atoms with Crippen molar-refractivity contribution in [2.45, 2.75) is 123 Å². The number of rotatable bonds is 4. The summed E-state index contributed by atoms with van der Waals surface area (Å²) in [7, 11) is -3.50. The Morgan fingerprint density at radius 3 is 1.12 bits per heavy atom. The molecule has 0 aromatic heterocycles. The lowest BCUT2D eigenvalue weighted by Crippen LogP contribution is -2.70. The van der Waals surface area contributed by atoms with Crippen molar-refractivity contribution in [1.82, 2.24) is 0 Å². The van der Waals surface area contributed by atoms with Crippen LogP contribution in [0.4, 0.5) is 0 Å². The maximum absolute atomic E-state index is 11.4. The predicted molar refractivity (Wildman–Crippen MR) is 184 cm³/mol. The summed E-state index contributed by atoms with van der Waals surface area (Å²) in [5.41, 5.74) is 4.12. The van der Waals surface area contributed by atoms with Crippen LogP contribution in [0.5, 0.6) is 17.2 Å². The molecule has 1 spiro atoms. The average Bonchev–Trinajstić information content (AvgIpc) is 3.61. The molecule has 3 aromatic rings. The second kappa shape index (κ2) is 10.4. The van der Waals surface area contributed by atoms with E-state index in [1.807, 2.05) is 39.0 Å². The third kappa shape index (κ3) is 4.45. The molecule has 3 aromatic carbocycles. The molecule has 0 saturated carbocycles. The highest BCUT2D eigenvalue weighted by Gasteiger charge is 2.91. The van der Waals surface area contributed by atoms with Crippen LogP contribution in [0.25, 0.3) is 0 Å². The van der Waals surface area contributed by atoms with Gasteiger partial charge in [-0.1, -0.05) is 62.3 Å². The summed E-state index contributed by atoms with van der Waals surface area (Å²) in [5, 5.41) is 34.3. The summed E-state index contributed by atoms with van der Waals surface area (Å²) in [5.74, 6) is -2.75. The van der Waals surface area contributed by atoms with Crippen LogP contribution in [0, 0.1) is 20.8 Å². The van der Waals surface area contributed by atoms with E-state index in [0.717, 1.165) is 50.1 Å². The van der Waals surface area contributed by atoms with E-state index in [-0.39, 0.29) is 17.2 Å². The van der Waals surface area contributed by atoms with Crippen LogP contribution < -0.4 is 0 Å². The van der Waals surface area contributed by atoms with Gasteiger partial charge in [0.25, 0.3) is 11.6 Å². The second-order valence-corrected chi connectivity index (χ2v) is 18.7. The molecule has 6 aliphatic heterocycles. The highest BCUT2D eigenvalue weighted by molar-refractivity contribution is 7.45. The fourth-order valence-corrected chi connectivity index (χ4v) is 10.5. The van der Waals surface area contributed by atoms with Crippen molar-refractivity contribution < 1.29 is 42.5 Å². The van der Waals surface area contributed by atoms with Crippen molar-refractivity contribution in [2.75, 3.05) is 0 Å². The van der Waals surface area contributed by atoms with Crippen LogP contribution in [-0.2, 0) is 48.8 Å². The Kier molecular flexibility index (Phi) is 7.37. The Balaban J connectivity index is 1.74. The minimum Gasteiger partial charge on any atom is -0.508 e. The first-order valence-electron chi connectivity index (χ1n) is 16.3. The summed E-state index contributed by atoms with van der Waals surface area (Å²) < 4.78 is 38.8. The zero-order valence-electron chi connectivity index (χ0n) is 29.7. The molecular formula is C37H46O9P2. The molecule has 11 heteroatoms. The molecule has 258 valence electrons. The van der Waals surface area contributed by atoms with Gasteiger partial charge >= 0.3 is 17.2 Å². The molecule has 9 rings (SSSR count). The van der Waals surface area contributed by atoms with Crippen molar-refractivity contribution in [3.8, 4) is 17.2 Å². The fourth-order valence-electron chi connectivity index (χ4n) is 7.78. The van der Waals surface area contributed by atoms with Crippen LogP contribution in [0.1, 0.15) is 112 Å². The Bertz CT molecular complexity index is 1670. The largest absolute Gasteiger partial charge is 0.508 e. The summed E-state index contributed by atoms with van der Waals surface area (Å²) in [6.07, 6.45) is -0.906. The normalized spacial score (nSPS) is 28.1. The number of phenolic OH excluding ortho intramolecular Hbond substituents is 3. The monoisotopic (exact) mass is 696 g/mol. The van der Waals surface area contributed by atoms with E-state index in [1.54, 1.807) is 18.2 Å². The first kappa shape index (κ1) is 34.1. The molecule has 6 saturated heterocycles. The minimum atomic E-state index is -1.83. The van der Waals surface area contributed by atoms with Crippen molar-refractivity contribution in [3.05, 3.63) is 86.5 Å². The van der Waals surface area contributed by atoms with Crippen LogP contribution in [-0.4, -0.2) is 33.2 Å². The standard InChI is InChI=1S/C37H46O9P2/c1-19-13-28(38)25(32(4,5)6)16-22(19)35(23-17-26(33(7,8)9)29(39)14-20(23)2,24-18-27(34(10,11)12)30(40)15-21(24)3)37-36(44-48(45-37)46-37)31-41-47(42-31)43-36/h13-18,31,38-40H,1-12H3. The van der Waals surface area contributed by atoms with E-state index in [1.165, 1.54) is 0 Å². The lowest BCUT2D eigenvalue weighted by Gasteiger charge is -2.55. The van der Waals surface area contributed by atoms with Gasteiger partial charge < -0.3 is 15.3 Å². The molecular weight excluding hydrogens is 650 g/mol. The van der Waals surface area contributed by atoms with E-state index < -0.39 is 56.7 Å². The number of hydrogen-bond acceptors (Lipinski definition) is 9. The summed E-state index contributed by atoms with van der Waals surface area (Å²) in [6, 6.07) is 11.5. The minimum absolute atomic E-state index is 0.176. The molecule has 48 heavy (non-hydrogen) atoms. The number of benzene rings is 3. The molecule has 4 bridgehead atoms. The molecule has 1 unspecified atom stereocenters. The van der Waals surface area contributed by atoms with Crippen molar-refractivity contribution in [3.63, 3.8) is 0 Å². The van der Waals surface area contributed by atoms with Crippen LogP contribution in [0.2, 0.25) is 0 Å². The molecule has 6 heterocycles. The van der Waals surface area contributed by atoms with E-state index in [9.17, 15) is 15.3 Å². The van der Waals surface area contributed by atoms with Crippen LogP contribution in [0.15, 0.2) is 36.4 Å². The van der Waals surface area contributed by atoms with Gasteiger partial charge in [0.15, 0.2) is 0 Å². The Labute approximate surface area is 285 Å². The first-order valence-corrected chi connectivity index (χ1v) is 18.5. The van der Waals surface area contributed by atoms with Gasteiger partial charge in [0.1, 0.15) is 22.7 Å². The van der Waals surface area contributed by atoms with Crippen molar-refractivity contribution in [1.29, 1.82) is 0 Å². The second-order valence-electron chi connectivity index (χ2n) is 16.7. The molecule has 6 fully saturated rings. The fraction of sp³-hybridized carbons (Fsp3) is 0.514. The Hall–Kier alpha value is -2.32. The van der Waals surface area contributed by atoms with Crippen molar-refractivity contribution in [2.24, 2.45) is 0 Å². The smallest absolute Gasteiger partial charge is 0.341 e.